The SMILES string of the molecule is Cc1ccc(N=Cc2c[nH]c3ccc(C#N)cc23)cc1Nc1nccc(-c2cccnc2)n1. The number of nitrogens with zero attached hydrogens (tertiary/aromatic N) is 5. The third kappa shape index (κ3) is 4.31. The second-order valence-electron chi connectivity index (χ2n) is 7.51. The number of pyridine rings is 1. The van der Waals surface area contributed by atoms with E-state index in [2.05, 4.69) is 36.3 Å². The summed E-state index contributed by atoms with van der Waals surface area (Å²) in [6, 6.07) is 19.4. The van der Waals surface area contributed by atoms with E-state index in [0.717, 1.165) is 44.7 Å². The Morgan fingerprint density at radius 1 is 1.09 bits per heavy atom. The highest BCUT2D eigenvalue weighted by Gasteiger charge is 2.07. The second-order valence-corrected chi connectivity index (χ2v) is 7.51. The van der Waals surface area contributed by atoms with Crippen LogP contribution in [0.25, 0.3) is 22.2 Å². The minimum Gasteiger partial charge on any atom is -0.361 e. The van der Waals surface area contributed by atoms with Gasteiger partial charge in [0.25, 0.3) is 0 Å². The van der Waals surface area contributed by atoms with Gasteiger partial charge in [-0.15, -0.1) is 0 Å². The normalized spacial score (nSPS) is 11.0. The quantitative estimate of drug-likeness (QED) is 0.349. The lowest BCUT2D eigenvalue weighted by molar-refractivity contribution is 1.16. The Morgan fingerprint density at radius 3 is 2.88 bits per heavy atom. The molecule has 0 radical (unpaired) electrons. The summed E-state index contributed by atoms with van der Waals surface area (Å²) in [5.74, 6) is 0.501. The molecule has 7 heteroatoms. The predicted molar refractivity (Wildman–Crippen MR) is 130 cm³/mol. The first kappa shape index (κ1) is 20.1. The van der Waals surface area contributed by atoms with Gasteiger partial charge < -0.3 is 10.3 Å². The van der Waals surface area contributed by atoms with E-state index in [9.17, 15) is 5.26 Å². The number of aromatic nitrogens is 4. The van der Waals surface area contributed by atoms with Crippen molar-refractivity contribution in [3.05, 3.63) is 96.1 Å². The summed E-state index contributed by atoms with van der Waals surface area (Å²) in [5, 5.41) is 13.4. The van der Waals surface area contributed by atoms with Crippen LogP contribution in [0.2, 0.25) is 0 Å². The van der Waals surface area contributed by atoms with E-state index in [-0.39, 0.29) is 0 Å². The summed E-state index contributed by atoms with van der Waals surface area (Å²) in [7, 11) is 0. The molecule has 0 amide bonds. The summed E-state index contributed by atoms with van der Waals surface area (Å²) < 4.78 is 0. The van der Waals surface area contributed by atoms with Crippen LogP contribution >= 0.6 is 0 Å². The molecule has 0 saturated heterocycles. The Morgan fingerprint density at radius 2 is 2.03 bits per heavy atom. The zero-order valence-corrected chi connectivity index (χ0v) is 17.8. The predicted octanol–water partition coefficient (Wildman–Crippen LogP) is 5.69. The van der Waals surface area contributed by atoms with E-state index in [4.69, 9.17) is 0 Å². The van der Waals surface area contributed by atoms with Gasteiger partial charge >= 0.3 is 0 Å². The Kier molecular flexibility index (Phi) is 5.32. The molecule has 5 rings (SSSR count). The molecule has 2 aromatic carbocycles. The number of nitrogens with one attached hydrogen (secondary N) is 2. The van der Waals surface area contributed by atoms with Crippen LogP contribution in [0.3, 0.4) is 0 Å². The average molecular weight is 429 g/mol. The zero-order chi connectivity index (χ0) is 22.6. The lowest BCUT2D eigenvalue weighted by Crippen LogP contribution is -1.99. The molecule has 0 aliphatic carbocycles. The van der Waals surface area contributed by atoms with Crippen LogP contribution in [0.5, 0.6) is 0 Å². The number of aryl methyl sites for hydroxylation is 1. The number of aromatic amines is 1. The molecule has 7 nitrogen and oxygen atoms in total. The lowest BCUT2D eigenvalue weighted by Gasteiger charge is -2.10. The summed E-state index contributed by atoms with van der Waals surface area (Å²) in [6.45, 7) is 2.02. The number of aliphatic imine (C=N–C) groups is 1. The van der Waals surface area contributed by atoms with Gasteiger partial charge in [-0.25, -0.2) is 9.97 Å². The maximum Gasteiger partial charge on any atom is 0.227 e. The molecular formula is C26H19N7. The standard InChI is InChI=1S/C26H19N7/c1-17-4-6-21(30-15-20-16-31-24-7-5-18(13-27)11-22(20)24)12-25(17)33-26-29-10-8-23(32-26)19-3-2-9-28-14-19/h2-12,14-16,31H,1H3,(H,29,32,33). The number of rotatable bonds is 5. The molecule has 158 valence electrons. The van der Waals surface area contributed by atoms with Gasteiger partial charge in [0.05, 0.1) is 23.0 Å². The molecule has 0 saturated carbocycles. The number of anilines is 2. The first-order valence-electron chi connectivity index (χ1n) is 10.4. The fraction of sp³-hybridized carbons (Fsp3) is 0.0385. The van der Waals surface area contributed by atoms with Gasteiger partial charge in [-0.3, -0.25) is 9.98 Å². The Labute approximate surface area is 190 Å². The van der Waals surface area contributed by atoms with Gasteiger partial charge in [-0.1, -0.05) is 6.07 Å². The first-order valence-corrected chi connectivity index (χ1v) is 10.4. The summed E-state index contributed by atoms with van der Waals surface area (Å²) >= 11 is 0. The van der Waals surface area contributed by atoms with E-state index < -0.39 is 0 Å². The van der Waals surface area contributed by atoms with Gasteiger partial charge in [-0.2, -0.15) is 5.26 Å². The summed E-state index contributed by atoms with van der Waals surface area (Å²) in [5.41, 5.74) is 6.94. The zero-order valence-electron chi connectivity index (χ0n) is 17.8. The summed E-state index contributed by atoms with van der Waals surface area (Å²) in [4.78, 5) is 21.0. The smallest absolute Gasteiger partial charge is 0.227 e. The number of nitriles is 1. The van der Waals surface area contributed by atoms with Crippen molar-refractivity contribution >= 4 is 34.4 Å². The maximum atomic E-state index is 9.18. The number of benzene rings is 2. The fourth-order valence-electron chi connectivity index (χ4n) is 3.50. The Bertz CT molecular complexity index is 1510. The molecular weight excluding hydrogens is 410 g/mol. The van der Waals surface area contributed by atoms with Crippen molar-refractivity contribution in [2.75, 3.05) is 5.32 Å². The first-order chi connectivity index (χ1) is 16.2. The van der Waals surface area contributed by atoms with E-state index in [1.165, 1.54) is 0 Å². The van der Waals surface area contributed by atoms with Crippen molar-refractivity contribution in [1.82, 2.24) is 19.9 Å². The Balaban J connectivity index is 1.41. The third-order valence-corrected chi connectivity index (χ3v) is 5.28. The van der Waals surface area contributed by atoms with Crippen LogP contribution in [0, 0.1) is 18.3 Å². The molecule has 3 heterocycles. The molecule has 0 spiro atoms. The molecule has 0 atom stereocenters. The van der Waals surface area contributed by atoms with Crippen LogP contribution in [-0.4, -0.2) is 26.2 Å². The van der Waals surface area contributed by atoms with Gasteiger partial charge in [0, 0.05) is 58.7 Å². The average Bonchev–Trinajstić information content (AvgIpc) is 3.27. The highest BCUT2D eigenvalue weighted by molar-refractivity contribution is 6.00. The number of H-pyrrole nitrogens is 1. The van der Waals surface area contributed by atoms with Crippen molar-refractivity contribution in [2.45, 2.75) is 6.92 Å². The molecule has 0 bridgehead atoms. The van der Waals surface area contributed by atoms with E-state index in [1.54, 1.807) is 30.9 Å². The van der Waals surface area contributed by atoms with Crippen LogP contribution in [0.1, 0.15) is 16.7 Å². The van der Waals surface area contributed by atoms with Crippen LogP contribution < -0.4 is 5.32 Å². The van der Waals surface area contributed by atoms with Crippen LogP contribution in [-0.2, 0) is 0 Å². The van der Waals surface area contributed by atoms with Gasteiger partial charge in [0.2, 0.25) is 5.95 Å². The molecule has 0 aliphatic rings. The minimum atomic E-state index is 0.501. The van der Waals surface area contributed by atoms with Crippen LogP contribution in [0.15, 0.2) is 84.4 Å². The maximum absolute atomic E-state index is 9.18. The monoisotopic (exact) mass is 429 g/mol. The van der Waals surface area contributed by atoms with Gasteiger partial charge in [0.15, 0.2) is 0 Å². The van der Waals surface area contributed by atoms with Crippen molar-refractivity contribution in [3.8, 4) is 17.3 Å². The van der Waals surface area contributed by atoms with Gasteiger partial charge in [0.1, 0.15) is 0 Å². The molecule has 0 unspecified atom stereocenters. The van der Waals surface area contributed by atoms with Gasteiger partial charge in [-0.05, 0) is 61.0 Å². The second kappa shape index (κ2) is 8.73. The third-order valence-electron chi connectivity index (χ3n) is 5.28. The molecule has 3 aromatic heterocycles. The number of hydrogen-bond donors (Lipinski definition) is 2. The van der Waals surface area contributed by atoms with E-state index in [0.29, 0.717) is 11.5 Å². The number of fused-ring (bicyclic) bond motifs is 1. The highest BCUT2D eigenvalue weighted by atomic mass is 15.1. The lowest BCUT2D eigenvalue weighted by atomic mass is 10.1. The summed E-state index contributed by atoms with van der Waals surface area (Å²) in [6.07, 6.45) is 8.92. The molecule has 2 N–H and O–H groups in total. The molecule has 33 heavy (non-hydrogen) atoms. The van der Waals surface area contributed by atoms with Crippen molar-refractivity contribution in [2.24, 2.45) is 4.99 Å². The highest BCUT2D eigenvalue weighted by Crippen LogP contribution is 2.26. The number of hydrogen-bond acceptors (Lipinski definition) is 6. The van der Waals surface area contributed by atoms with E-state index in [1.807, 2.05) is 61.7 Å². The molecule has 0 fully saturated rings. The molecule has 5 aromatic rings. The van der Waals surface area contributed by atoms with Crippen molar-refractivity contribution < 1.29 is 0 Å². The fourth-order valence-corrected chi connectivity index (χ4v) is 3.50. The van der Waals surface area contributed by atoms with Crippen molar-refractivity contribution in [1.29, 1.82) is 5.26 Å². The topological polar surface area (TPSA) is 103 Å². The largest absolute Gasteiger partial charge is 0.361 e. The van der Waals surface area contributed by atoms with Crippen LogP contribution in [0.4, 0.5) is 17.3 Å². The Hall–Kier alpha value is -4.83. The minimum absolute atomic E-state index is 0.501. The molecule has 0 aliphatic heterocycles. The van der Waals surface area contributed by atoms with E-state index >= 15 is 0 Å². The van der Waals surface area contributed by atoms with Crippen molar-refractivity contribution in [3.63, 3.8) is 0 Å².